The molecule has 0 spiro atoms. The van der Waals surface area contributed by atoms with Gasteiger partial charge in [0.2, 0.25) is 6.10 Å². The molecule has 22 heavy (non-hydrogen) atoms. The average molecular weight is 299 g/mol. The van der Waals surface area contributed by atoms with E-state index in [4.69, 9.17) is 9.47 Å². The monoisotopic (exact) mass is 299 g/mol. The Hall–Kier alpha value is -2.69. The van der Waals surface area contributed by atoms with E-state index in [0.29, 0.717) is 11.1 Å². The van der Waals surface area contributed by atoms with Crippen molar-refractivity contribution in [3.63, 3.8) is 0 Å². The van der Waals surface area contributed by atoms with Gasteiger partial charge in [0.1, 0.15) is 0 Å². The van der Waals surface area contributed by atoms with Gasteiger partial charge in [0.05, 0.1) is 12.7 Å². The zero-order valence-corrected chi connectivity index (χ0v) is 12.7. The van der Waals surface area contributed by atoms with E-state index in [9.17, 15) is 9.59 Å². The lowest BCUT2D eigenvalue weighted by Gasteiger charge is -2.16. The van der Waals surface area contributed by atoms with Gasteiger partial charge in [-0.1, -0.05) is 23.3 Å². The summed E-state index contributed by atoms with van der Waals surface area (Å²) in [5, 5.41) is 0. The normalized spacial score (nSPS) is 11.6. The third-order valence-electron chi connectivity index (χ3n) is 3.08. The van der Waals surface area contributed by atoms with E-state index in [1.165, 1.54) is 13.3 Å². The van der Waals surface area contributed by atoms with Crippen LogP contribution in [-0.2, 0) is 14.3 Å². The Labute approximate surface area is 128 Å². The van der Waals surface area contributed by atoms with Crippen molar-refractivity contribution in [3.05, 3.63) is 65.0 Å². The fourth-order valence-corrected chi connectivity index (χ4v) is 2.16. The largest absolute Gasteiger partial charge is 0.466 e. The van der Waals surface area contributed by atoms with Crippen LogP contribution in [0, 0.1) is 13.8 Å². The summed E-state index contributed by atoms with van der Waals surface area (Å²) in [5.74, 6) is -1.23. The Kier molecular flexibility index (Phi) is 4.88. The van der Waals surface area contributed by atoms with Crippen molar-refractivity contribution in [2.24, 2.45) is 0 Å². The number of hydrogen-bond acceptors (Lipinski definition) is 5. The first kappa shape index (κ1) is 15.7. The fraction of sp³-hybridized carbons (Fsp3) is 0.235. The molecular weight excluding hydrogens is 282 g/mol. The number of nitrogens with zero attached hydrogens (tertiary/aromatic N) is 1. The maximum absolute atomic E-state index is 12.3. The number of carbonyl (C=O) groups is 2. The van der Waals surface area contributed by atoms with Gasteiger partial charge in [-0.25, -0.2) is 9.59 Å². The molecule has 0 N–H and O–H groups in total. The number of rotatable bonds is 4. The maximum Gasteiger partial charge on any atom is 0.352 e. The van der Waals surface area contributed by atoms with E-state index in [1.54, 1.807) is 30.5 Å². The fourth-order valence-electron chi connectivity index (χ4n) is 2.16. The van der Waals surface area contributed by atoms with Crippen LogP contribution in [0.1, 0.15) is 33.2 Å². The van der Waals surface area contributed by atoms with Crippen molar-refractivity contribution in [2.45, 2.75) is 20.0 Å². The quantitative estimate of drug-likeness (QED) is 0.812. The number of aromatic nitrogens is 1. The molecule has 0 saturated carbocycles. The summed E-state index contributed by atoms with van der Waals surface area (Å²) in [4.78, 5) is 28.1. The molecule has 0 saturated heterocycles. The van der Waals surface area contributed by atoms with Gasteiger partial charge >= 0.3 is 11.9 Å². The van der Waals surface area contributed by atoms with Crippen LogP contribution in [-0.4, -0.2) is 24.0 Å². The number of methoxy groups -OCH3 is 1. The molecule has 5 nitrogen and oxygen atoms in total. The highest BCUT2D eigenvalue weighted by Gasteiger charge is 2.26. The van der Waals surface area contributed by atoms with Crippen LogP contribution >= 0.6 is 0 Å². The van der Waals surface area contributed by atoms with Crippen LogP contribution < -0.4 is 0 Å². The Morgan fingerprint density at radius 3 is 2.36 bits per heavy atom. The van der Waals surface area contributed by atoms with Gasteiger partial charge in [-0.05, 0) is 32.0 Å². The van der Waals surface area contributed by atoms with Crippen LogP contribution in [0.2, 0.25) is 0 Å². The zero-order valence-electron chi connectivity index (χ0n) is 12.7. The van der Waals surface area contributed by atoms with E-state index in [2.05, 4.69) is 4.98 Å². The van der Waals surface area contributed by atoms with Crippen molar-refractivity contribution in [1.82, 2.24) is 4.98 Å². The zero-order chi connectivity index (χ0) is 16.1. The highest BCUT2D eigenvalue weighted by molar-refractivity contribution is 5.92. The van der Waals surface area contributed by atoms with Gasteiger partial charge in [0.15, 0.2) is 0 Å². The molecule has 2 rings (SSSR count). The predicted octanol–water partition coefficient (Wildman–Crippen LogP) is 2.77. The molecule has 1 atom stereocenters. The van der Waals surface area contributed by atoms with Crippen LogP contribution in [0.3, 0.4) is 0 Å². The molecule has 1 aromatic heterocycles. The summed E-state index contributed by atoms with van der Waals surface area (Å²) in [6.45, 7) is 3.78. The summed E-state index contributed by atoms with van der Waals surface area (Å²) < 4.78 is 10.0. The van der Waals surface area contributed by atoms with E-state index >= 15 is 0 Å². The number of pyridine rings is 1. The van der Waals surface area contributed by atoms with E-state index in [-0.39, 0.29) is 0 Å². The second kappa shape index (κ2) is 6.85. The summed E-state index contributed by atoms with van der Waals surface area (Å²) in [6.07, 6.45) is 1.91. The number of carbonyl (C=O) groups excluding carboxylic acids is 2. The summed E-state index contributed by atoms with van der Waals surface area (Å²) >= 11 is 0. The second-order valence-electron chi connectivity index (χ2n) is 4.97. The van der Waals surface area contributed by atoms with Gasteiger partial charge in [-0.2, -0.15) is 0 Å². The predicted molar refractivity (Wildman–Crippen MR) is 80.3 cm³/mol. The summed E-state index contributed by atoms with van der Waals surface area (Å²) in [7, 11) is 1.25. The van der Waals surface area contributed by atoms with Crippen LogP contribution in [0.25, 0.3) is 0 Å². The lowest BCUT2D eigenvalue weighted by Crippen LogP contribution is -2.21. The molecular formula is C17H17NO4. The van der Waals surface area contributed by atoms with Crippen LogP contribution in [0.15, 0.2) is 42.7 Å². The molecule has 114 valence electrons. The van der Waals surface area contributed by atoms with Crippen molar-refractivity contribution in [2.75, 3.05) is 7.11 Å². The molecule has 1 heterocycles. The topological polar surface area (TPSA) is 65.5 Å². The molecule has 0 aliphatic carbocycles. The summed E-state index contributed by atoms with van der Waals surface area (Å²) in [6, 6.07) is 8.70. The van der Waals surface area contributed by atoms with Crippen molar-refractivity contribution in [3.8, 4) is 0 Å². The Bertz CT molecular complexity index is 662. The maximum atomic E-state index is 12.3. The van der Waals surface area contributed by atoms with Gasteiger partial charge in [-0.15, -0.1) is 0 Å². The molecule has 0 fully saturated rings. The lowest BCUT2D eigenvalue weighted by molar-refractivity contribution is -0.151. The van der Waals surface area contributed by atoms with Crippen molar-refractivity contribution in [1.29, 1.82) is 0 Å². The first-order valence-corrected chi connectivity index (χ1v) is 6.78. The second-order valence-corrected chi connectivity index (χ2v) is 4.97. The third kappa shape index (κ3) is 3.69. The highest BCUT2D eigenvalue weighted by atomic mass is 16.6. The van der Waals surface area contributed by atoms with Crippen molar-refractivity contribution >= 4 is 11.9 Å². The molecule has 0 aliphatic heterocycles. The minimum atomic E-state index is -1.13. The highest BCUT2D eigenvalue weighted by Crippen LogP contribution is 2.21. The number of ether oxygens (including phenoxy) is 2. The lowest BCUT2D eigenvalue weighted by atomic mass is 10.1. The standard InChI is InChI=1S/C17H17NO4/c1-11-7-12(2)9-14(8-11)16(19)22-15(17(20)21-3)13-5-4-6-18-10-13/h4-10,15H,1-3H3/t15-/m0/s1. The van der Waals surface area contributed by atoms with Gasteiger partial charge < -0.3 is 9.47 Å². The third-order valence-corrected chi connectivity index (χ3v) is 3.08. The number of esters is 2. The molecule has 0 bridgehead atoms. The Morgan fingerprint density at radius 2 is 1.82 bits per heavy atom. The van der Waals surface area contributed by atoms with Crippen molar-refractivity contribution < 1.29 is 19.1 Å². The SMILES string of the molecule is COC(=O)[C@@H](OC(=O)c1cc(C)cc(C)c1)c1cccnc1. The van der Waals surface area contributed by atoms with E-state index in [1.807, 2.05) is 19.9 Å². The first-order valence-electron chi connectivity index (χ1n) is 6.78. The molecule has 1 aromatic carbocycles. The van der Waals surface area contributed by atoms with Gasteiger partial charge in [0, 0.05) is 18.0 Å². The Morgan fingerprint density at radius 1 is 1.14 bits per heavy atom. The average Bonchev–Trinajstić information content (AvgIpc) is 2.51. The first-order chi connectivity index (χ1) is 10.5. The minimum Gasteiger partial charge on any atom is -0.466 e. The van der Waals surface area contributed by atoms with Crippen LogP contribution in [0.5, 0.6) is 0 Å². The minimum absolute atomic E-state index is 0.398. The molecule has 0 amide bonds. The number of hydrogen-bond donors (Lipinski definition) is 0. The summed E-state index contributed by atoms with van der Waals surface area (Å²) in [5.41, 5.74) is 2.76. The van der Waals surface area contributed by atoms with E-state index < -0.39 is 18.0 Å². The smallest absolute Gasteiger partial charge is 0.352 e. The van der Waals surface area contributed by atoms with Gasteiger partial charge in [0.25, 0.3) is 0 Å². The molecule has 0 unspecified atom stereocenters. The van der Waals surface area contributed by atoms with Crippen LogP contribution in [0.4, 0.5) is 0 Å². The van der Waals surface area contributed by atoms with Gasteiger partial charge in [-0.3, -0.25) is 4.98 Å². The molecule has 0 aliphatic rings. The number of benzene rings is 1. The van der Waals surface area contributed by atoms with E-state index in [0.717, 1.165) is 11.1 Å². The molecule has 0 radical (unpaired) electrons. The Balaban J connectivity index is 2.27. The molecule has 5 heteroatoms. The molecule has 2 aromatic rings. The number of aryl methyl sites for hydroxylation is 2.